The normalized spacial score (nSPS) is 44.1. The van der Waals surface area contributed by atoms with Gasteiger partial charge in [0.25, 0.3) is 0 Å². The number of anilines is 2. The zero-order valence-electron chi connectivity index (χ0n) is 27.2. The van der Waals surface area contributed by atoms with Crippen LogP contribution < -0.4 is 9.80 Å². The first-order valence-corrected chi connectivity index (χ1v) is 17.9. The molecule has 2 aliphatic carbocycles. The van der Waals surface area contributed by atoms with Crippen LogP contribution in [-0.4, -0.2) is 72.3 Å². The van der Waals surface area contributed by atoms with E-state index in [9.17, 15) is 4.79 Å². The maximum atomic E-state index is 13.9. The Kier molecular flexibility index (Phi) is 5.08. The van der Waals surface area contributed by atoms with Gasteiger partial charge in [0.05, 0.1) is 18.3 Å². The van der Waals surface area contributed by atoms with Gasteiger partial charge >= 0.3 is 0 Å². The van der Waals surface area contributed by atoms with Crippen LogP contribution in [0.25, 0.3) is 0 Å². The quantitative estimate of drug-likeness (QED) is 0.384. The highest BCUT2D eigenvalue weighted by Gasteiger charge is 2.73. The van der Waals surface area contributed by atoms with E-state index in [-0.39, 0.29) is 34.9 Å². The number of carbonyl (C=O) groups is 1. The van der Waals surface area contributed by atoms with Crippen LogP contribution in [0.15, 0.2) is 83.7 Å². The van der Waals surface area contributed by atoms with Gasteiger partial charge in [0.2, 0.25) is 5.91 Å². The number of para-hydroxylation sites is 2. The summed E-state index contributed by atoms with van der Waals surface area (Å²) in [5.41, 5.74) is 10.1. The monoisotopic (exact) mass is 612 g/mol. The van der Waals surface area contributed by atoms with Gasteiger partial charge < -0.3 is 14.5 Å². The molecule has 236 valence electrons. The van der Waals surface area contributed by atoms with Crippen molar-refractivity contribution < 1.29 is 9.53 Å². The van der Waals surface area contributed by atoms with E-state index in [1.807, 2.05) is 0 Å². The number of rotatable bonds is 1. The van der Waals surface area contributed by atoms with Gasteiger partial charge in [-0.25, -0.2) is 0 Å². The standard InChI is InChI=1S/C40H44N4O2/c1-4-24-20-41-16-14-39-30-11-7-9-13-32(30)44-36(39)28(26(24)18-33(39)41)22-46-38(44)35-27-19-34-40(15-17-42(34)21-25(27)5-2)29-10-6-8-12-31(29)43(23(3)45)37(35)40/h4-13,22,26-27,33-38H,14-21H2,1-3H3/b24-4-,25-5-/t26-,27-,33-,34-,35+,36-,37-,38-,39?,40?/m0/s1. The maximum absolute atomic E-state index is 13.9. The zero-order valence-corrected chi connectivity index (χ0v) is 27.2. The Bertz CT molecular complexity index is 1810. The number of carbonyl (C=O) groups excluding carboxylic acids is 1. The molecule has 0 N–H and O–H groups in total. The van der Waals surface area contributed by atoms with E-state index < -0.39 is 0 Å². The highest BCUT2D eigenvalue weighted by molar-refractivity contribution is 5.96. The van der Waals surface area contributed by atoms with E-state index in [0.717, 1.165) is 44.7 Å². The molecular formula is C40H44N4O2. The second kappa shape index (κ2) is 8.76. The van der Waals surface area contributed by atoms with Gasteiger partial charge in [-0.3, -0.25) is 14.6 Å². The fourth-order valence-electron chi connectivity index (χ4n) is 13.4. The molecule has 6 nitrogen and oxygen atoms in total. The lowest BCUT2D eigenvalue weighted by Gasteiger charge is -2.61. The minimum absolute atomic E-state index is 0.0596. The SMILES string of the molecule is C/C=C1/CN2CCC34c5ccccc5N5[C@H]3C(=CO[C@H]5[C@H]3[C@@H]5N(C(C)=O)c6ccccc6C56CCN5C/C(=C/C)[C@@H]3C[C@H]56)[C@H]1C[C@H]24. The van der Waals surface area contributed by atoms with E-state index >= 15 is 0 Å². The van der Waals surface area contributed by atoms with Crippen molar-refractivity contribution in [2.24, 2.45) is 17.8 Å². The molecule has 6 heteroatoms. The summed E-state index contributed by atoms with van der Waals surface area (Å²) in [4.78, 5) is 24.5. The van der Waals surface area contributed by atoms with Crippen LogP contribution in [0, 0.1) is 17.8 Å². The van der Waals surface area contributed by atoms with Crippen LogP contribution in [0.3, 0.4) is 0 Å². The summed E-state index contributed by atoms with van der Waals surface area (Å²) in [5.74, 6) is 1.15. The van der Waals surface area contributed by atoms with Gasteiger partial charge in [0.15, 0.2) is 6.23 Å². The number of amides is 1. The van der Waals surface area contributed by atoms with Crippen molar-refractivity contribution in [2.45, 2.75) is 87.7 Å². The van der Waals surface area contributed by atoms with Crippen LogP contribution in [0.1, 0.15) is 57.6 Å². The first-order chi connectivity index (χ1) is 22.5. The molecule has 0 radical (unpaired) electrons. The van der Waals surface area contributed by atoms with Gasteiger partial charge in [-0.2, -0.15) is 0 Å². The Balaban J connectivity index is 1.16. The average molecular weight is 613 g/mol. The largest absolute Gasteiger partial charge is 0.478 e. The van der Waals surface area contributed by atoms with Gasteiger partial charge in [-0.1, -0.05) is 59.7 Å². The molecule has 2 spiro atoms. The van der Waals surface area contributed by atoms with Crippen molar-refractivity contribution in [3.63, 3.8) is 0 Å². The average Bonchev–Trinajstić information content (AvgIpc) is 3.83. The molecule has 6 fully saturated rings. The van der Waals surface area contributed by atoms with Gasteiger partial charge in [-0.05, 0) is 87.4 Å². The smallest absolute Gasteiger partial charge is 0.224 e. The fourth-order valence-corrected chi connectivity index (χ4v) is 13.4. The van der Waals surface area contributed by atoms with Crippen molar-refractivity contribution in [2.75, 3.05) is 36.0 Å². The maximum Gasteiger partial charge on any atom is 0.224 e. The molecule has 2 aromatic rings. The van der Waals surface area contributed by atoms with Crippen LogP contribution in [0.2, 0.25) is 0 Å². The highest BCUT2D eigenvalue weighted by atomic mass is 16.5. The zero-order chi connectivity index (χ0) is 30.7. The number of ether oxygens (including phenoxy) is 1. The molecule has 10 atom stereocenters. The molecular weight excluding hydrogens is 568 g/mol. The summed E-state index contributed by atoms with van der Waals surface area (Å²) in [5, 5.41) is 0. The van der Waals surface area contributed by atoms with Crippen LogP contribution in [0.5, 0.6) is 0 Å². The number of allylic oxidation sites excluding steroid dienone is 2. The number of benzene rings is 2. The van der Waals surface area contributed by atoms with Crippen LogP contribution in [-0.2, 0) is 20.4 Å². The molecule has 9 aliphatic rings. The Hall–Kier alpha value is -3.35. The lowest BCUT2D eigenvalue weighted by atomic mass is 9.54. The molecule has 4 bridgehead atoms. The number of hydrogen-bond acceptors (Lipinski definition) is 5. The first kappa shape index (κ1) is 26.7. The molecule has 7 aliphatic heterocycles. The predicted molar refractivity (Wildman–Crippen MR) is 180 cm³/mol. The Morgan fingerprint density at radius 1 is 0.848 bits per heavy atom. The Morgan fingerprint density at radius 2 is 1.50 bits per heavy atom. The second-order valence-electron chi connectivity index (χ2n) is 15.8. The number of fused-ring (bicyclic) bond motifs is 6. The third-order valence-corrected chi connectivity index (χ3v) is 14.8. The molecule has 46 heavy (non-hydrogen) atoms. The van der Waals surface area contributed by atoms with Crippen molar-refractivity contribution in [1.82, 2.24) is 9.80 Å². The topological polar surface area (TPSA) is 39.3 Å². The lowest BCUT2D eigenvalue weighted by Crippen LogP contribution is -2.71. The summed E-state index contributed by atoms with van der Waals surface area (Å²) in [6.45, 7) is 10.7. The van der Waals surface area contributed by atoms with Crippen molar-refractivity contribution >= 4 is 17.3 Å². The summed E-state index contributed by atoms with van der Waals surface area (Å²) in [6.07, 6.45) is 11.6. The van der Waals surface area contributed by atoms with E-state index in [2.05, 4.69) is 100 Å². The molecule has 4 saturated heterocycles. The predicted octanol–water partition coefficient (Wildman–Crippen LogP) is 5.75. The summed E-state index contributed by atoms with van der Waals surface area (Å²) in [7, 11) is 0. The molecule has 2 aromatic carbocycles. The molecule has 11 rings (SSSR count). The molecule has 2 unspecified atom stereocenters. The van der Waals surface area contributed by atoms with Gasteiger partial charge in [0, 0.05) is 66.1 Å². The van der Waals surface area contributed by atoms with Gasteiger partial charge in [0.1, 0.15) is 0 Å². The summed E-state index contributed by atoms with van der Waals surface area (Å²) < 4.78 is 7.33. The second-order valence-corrected chi connectivity index (χ2v) is 15.8. The third kappa shape index (κ3) is 2.78. The Labute approximate surface area is 272 Å². The first-order valence-electron chi connectivity index (χ1n) is 17.9. The van der Waals surface area contributed by atoms with E-state index in [0.29, 0.717) is 30.0 Å². The number of piperidine rings is 2. The summed E-state index contributed by atoms with van der Waals surface area (Å²) in [6, 6.07) is 19.7. The van der Waals surface area contributed by atoms with Gasteiger partial charge in [-0.15, -0.1) is 0 Å². The van der Waals surface area contributed by atoms with Crippen molar-refractivity contribution in [3.8, 4) is 0 Å². The van der Waals surface area contributed by atoms with Crippen molar-refractivity contribution in [1.29, 1.82) is 0 Å². The minimum Gasteiger partial charge on any atom is -0.478 e. The van der Waals surface area contributed by atoms with E-state index in [4.69, 9.17) is 4.74 Å². The number of hydrogen-bond donors (Lipinski definition) is 0. The molecule has 0 aromatic heterocycles. The highest BCUT2D eigenvalue weighted by Crippen LogP contribution is 2.68. The van der Waals surface area contributed by atoms with Crippen molar-refractivity contribution in [3.05, 3.63) is 94.8 Å². The lowest BCUT2D eigenvalue weighted by molar-refractivity contribution is -0.119. The third-order valence-electron chi connectivity index (χ3n) is 14.8. The molecule has 1 amide bonds. The van der Waals surface area contributed by atoms with Crippen LogP contribution in [0.4, 0.5) is 11.4 Å². The fraction of sp³-hybridized carbons (Fsp3) is 0.525. The molecule has 7 heterocycles. The molecule has 2 saturated carbocycles. The van der Waals surface area contributed by atoms with Crippen LogP contribution >= 0.6 is 0 Å². The van der Waals surface area contributed by atoms with E-state index in [1.54, 1.807) is 23.6 Å². The summed E-state index contributed by atoms with van der Waals surface area (Å²) >= 11 is 0. The number of nitrogens with zero attached hydrogens (tertiary/aromatic N) is 4. The minimum atomic E-state index is -0.137. The van der Waals surface area contributed by atoms with E-state index in [1.165, 1.54) is 29.7 Å². The Morgan fingerprint density at radius 3 is 2.24 bits per heavy atom.